The van der Waals surface area contributed by atoms with Gasteiger partial charge in [0.05, 0.1) is 12.0 Å². The maximum Gasteiger partial charge on any atom is 0.308 e. The Balaban J connectivity index is 1.16. The average molecular weight is 421 g/mol. The SMILES string of the molecule is CC(=O)Oc1cccc(OCC2CCC3CN(c4noc5ccccc45)CCN3C2)c1. The molecule has 1 aromatic heterocycles. The Bertz CT molecular complexity index is 1070. The van der Waals surface area contributed by atoms with E-state index in [4.69, 9.17) is 14.0 Å². The van der Waals surface area contributed by atoms with Gasteiger partial charge in [0, 0.05) is 51.1 Å². The summed E-state index contributed by atoms with van der Waals surface area (Å²) in [5.41, 5.74) is 0.846. The summed E-state index contributed by atoms with van der Waals surface area (Å²) in [6.07, 6.45) is 2.28. The number of rotatable bonds is 5. The molecule has 162 valence electrons. The van der Waals surface area contributed by atoms with Crippen LogP contribution in [0.5, 0.6) is 11.5 Å². The lowest BCUT2D eigenvalue weighted by molar-refractivity contribution is -0.131. The standard InChI is InChI=1S/C24H27N3O4/c1-17(28)30-21-6-4-5-20(13-21)29-16-18-9-10-19-15-27(12-11-26(19)14-18)24-22-7-2-3-8-23(22)31-25-24/h2-8,13,18-19H,9-12,14-16H2,1H3. The number of hydrogen-bond acceptors (Lipinski definition) is 7. The van der Waals surface area contributed by atoms with Gasteiger partial charge in [0.1, 0.15) is 11.5 Å². The van der Waals surface area contributed by atoms with Gasteiger partial charge in [0.25, 0.3) is 0 Å². The summed E-state index contributed by atoms with van der Waals surface area (Å²) in [4.78, 5) is 16.1. The second-order valence-electron chi connectivity index (χ2n) is 8.42. The van der Waals surface area contributed by atoms with E-state index in [-0.39, 0.29) is 5.97 Å². The van der Waals surface area contributed by atoms with Crippen molar-refractivity contribution in [1.82, 2.24) is 10.1 Å². The van der Waals surface area contributed by atoms with Crippen molar-refractivity contribution in [3.63, 3.8) is 0 Å². The molecule has 0 amide bonds. The summed E-state index contributed by atoms with van der Waals surface area (Å²) in [6.45, 7) is 6.06. The van der Waals surface area contributed by atoms with Crippen molar-refractivity contribution in [3.05, 3.63) is 48.5 Å². The number of esters is 1. The normalized spacial score (nSPS) is 21.6. The van der Waals surface area contributed by atoms with E-state index in [0.717, 1.165) is 61.6 Å². The number of carbonyl (C=O) groups is 1. The third kappa shape index (κ3) is 4.37. The molecule has 2 atom stereocenters. The Hall–Kier alpha value is -3.06. The van der Waals surface area contributed by atoms with Crippen molar-refractivity contribution < 1.29 is 18.8 Å². The number of aromatic nitrogens is 1. The first-order valence-corrected chi connectivity index (χ1v) is 10.9. The van der Waals surface area contributed by atoms with Gasteiger partial charge >= 0.3 is 5.97 Å². The molecule has 2 aliphatic rings. The smallest absolute Gasteiger partial charge is 0.308 e. The Kier molecular flexibility index (Phi) is 5.51. The van der Waals surface area contributed by atoms with Gasteiger partial charge in [-0.3, -0.25) is 9.69 Å². The molecule has 7 nitrogen and oxygen atoms in total. The number of nitrogens with zero attached hydrogens (tertiary/aromatic N) is 3. The van der Waals surface area contributed by atoms with Crippen molar-refractivity contribution >= 4 is 22.8 Å². The van der Waals surface area contributed by atoms with E-state index in [0.29, 0.717) is 24.3 Å². The molecule has 0 aliphatic carbocycles. The summed E-state index contributed by atoms with van der Waals surface area (Å²) >= 11 is 0. The van der Waals surface area contributed by atoms with Gasteiger partial charge in [-0.2, -0.15) is 0 Å². The van der Waals surface area contributed by atoms with Gasteiger partial charge in [-0.15, -0.1) is 0 Å². The highest BCUT2D eigenvalue weighted by atomic mass is 16.5. The van der Waals surface area contributed by atoms with Gasteiger partial charge in [-0.25, -0.2) is 0 Å². The van der Waals surface area contributed by atoms with Crippen LogP contribution >= 0.6 is 0 Å². The second kappa shape index (κ2) is 8.59. The molecule has 2 saturated heterocycles. The number of hydrogen-bond donors (Lipinski definition) is 0. The number of fused-ring (bicyclic) bond motifs is 2. The topological polar surface area (TPSA) is 68.0 Å². The third-order valence-corrected chi connectivity index (χ3v) is 6.22. The quantitative estimate of drug-likeness (QED) is 0.459. The summed E-state index contributed by atoms with van der Waals surface area (Å²) in [6, 6.07) is 15.9. The zero-order valence-electron chi connectivity index (χ0n) is 17.7. The fourth-order valence-electron chi connectivity index (χ4n) is 4.69. The van der Waals surface area contributed by atoms with E-state index in [9.17, 15) is 4.79 Å². The van der Waals surface area contributed by atoms with E-state index < -0.39 is 0 Å². The minimum Gasteiger partial charge on any atom is -0.493 e. The molecule has 3 heterocycles. The van der Waals surface area contributed by atoms with E-state index in [1.165, 1.54) is 6.92 Å². The predicted molar refractivity (Wildman–Crippen MR) is 118 cm³/mol. The van der Waals surface area contributed by atoms with E-state index in [2.05, 4.69) is 21.0 Å². The summed E-state index contributed by atoms with van der Waals surface area (Å²) in [7, 11) is 0. The summed E-state index contributed by atoms with van der Waals surface area (Å²) in [5.74, 6) is 2.39. The van der Waals surface area contributed by atoms with Crippen LogP contribution in [-0.4, -0.2) is 54.9 Å². The largest absolute Gasteiger partial charge is 0.493 e. The molecule has 2 aliphatic heterocycles. The predicted octanol–water partition coefficient (Wildman–Crippen LogP) is 3.73. The van der Waals surface area contributed by atoms with Gasteiger partial charge in [0.15, 0.2) is 11.4 Å². The van der Waals surface area contributed by atoms with E-state index in [1.807, 2.05) is 30.3 Å². The molecule has 0 spiro atoms. The monoisotopic (exact) mass is 421 g/mol. The zero-order chi connectivity index (χ0) is 21.2. The van der Waals surface area contributed by atoms with Crippen molar-refractivity contribution in [2.75, 3.05) is 37.7 Å². The third-order valence-electron chi connectivity index (χ3n) is 6.22. The molecular formula is C24H27N3O4. The highest BCUT2D eigenvalue weighted by Gasteiger charge is 2.34. The Morgan fingerprint density at radius 1 is 1.10 bits per heavy atom. The molecule has 3 aromatic rings. The van der Waals surface area contributed by atoms with Crippen LogP contribution in [0.15, 0.2) is 53.1 Å². The lowest BCUT2D eigenvalue weighted by Crippen LogP contribution is -2.57. The maximum atomic E-state index is 11.1. The first-order chi connectivity index (χ1) is 15.2. The Labute approximate surface area is 181 Å². The molecule has 7 heteroatoms. The maximum absolute atomic E-state index is 11.1. The van der Waals surface area contributed by atoms with Crippen LogP contribution in [0.1, 0.15) is 19.8 Å². The van der Waals surface area contributed by atoms with Crippen molar-refractivity contribution in [3.8, 4) is 11.5 Å². The van der Waals surface area contributed by atoms with Crippen molar-refractivity contribution in [2.24, 2.45) is 5.92 Å². The van der Waals surface area contributed by atoms with Crippen LogP contribution in [0, 0.1) is 5.92 Å². The van der Waals surface area contributed by atoms with Crippen LogP contribution < -0.4 is 14.4 Å². The molecule has 0 N–H and O–H groups in total. The zero-order valence-corrected chi connectivity index (χ0v) is 17.7. The number of para-hydroxylation sites is 1. The molecule has 0 saturated carbocycles. The van der Waals surface area contributed by atoms with E-state index >= 15 is 0 Å². The van der Waals surface area contributed by atoms with Crippen LogP contribution in [0.3, 0.4) is 0 Å². The number of ether oxygens (including phenoxy) is 2. The molecule has 2 fully saturated rings. The van der Waals surface area contributed by atoms with Crippen molar-refractivity contribution in [1.29, 1.82) is 0 Å². The summed E-state index contributed by atoms with van der Waals surface area (Å²) < 4.78 is 16.7. The van der Waals surface area contributed by atoms with Crippen LogP contribution in [0.4, 0.5) is 5.82 Å². The lowest BCUT2D eigenvalue weighted by atomic mass is 9.91. The lowest BCUT2D eigenvalue weighted by Gasteiger charge is -2.46. The first kappa shape index (κ1) is 19.9. The van der Waals surface area contributed by atoms with Crippen LogP contribution in [0.2, 0.25) is 0 Å². The summed E-state index contributed by atoms with van der Waals surface area (Å²) in [5, 5.41) is 5.43. The first-order valence-electron chi connectivity index (χ1n) is 10.9. The fourth-order valence-corrected chi connectivity index (χ4v) is 4.69. The molecule has 2 aromatic carbocycles. The Morgan fingerprint density at radius 3 is 2.87 bits per heavy atom. The number of piperidine rings is 1. The molecule has 0 radical (unpaired) electrons. The van der Waals surface area contributed by atoms with Gasteiger partial charge in [-0.1, -0.05) is 23.4 Å². The fraction of sp³-hybridized carbons (Fsp3) is 0.417. The van der Waals surface area contributed by atoms with Crippen molar-refractivity contribution in [2.45, 2.75) is 25.8 Å². The minimum atomic E-state index is -0.326. The molecule has 31 heavy (non-hydrogen) atoms. The Morgan fingerprint density at radius 2 is 1.97 bits per heavy atom. The number of piperazine rings is 1. The number of carbonyl (C=O) groups excluding carboxylic acids is 1. The molecule has 5 rings (SSSR count). The van der Waals surface area contributed by atoms with Gasteiger partial charge in [0.2, 0.25) is 0 Å². The molecule has 0 bridgehead atoms. The average Bonchev–Trinajstić information content (AvgIpc) is 3.21. The number of anilines is 1. The molecular weight excluding hydrogens is 394 g/mol. The van der Waals surface area contributed by atoms with Crippen LogP contribution in [-0.2, 0) is 4.79 Å². The van der Waals surface area contributed by atoms with Crippen LogP contribution in [0.25, 0.3) is 11.0 Å². The minimum absolute atomic E-state index is 0.326. The number of benzene rings is 2. The molecule has 2 unspecified atom stereocenters. The second-order valence-corrected chi connectivity index (χ2v) is 8.42. The highest BCUT2D eigenvalue weighted by Crippen LogP contribution is 2.31. The van der Waals surface area contributed by atoms with Gasteiger partial charge < -0.3 is 18.9 Å². The highest BCUT2D eigenvalue weighted by molar-refractivity contribution is 5.88. The van der Waals surface area contributed by atoms with E-state index in [1.54, 1.807) is 12.1 Å². The van der Waals surface area contributed by atoms with Gasteiger partial charge in [-0.05, 0) is 37.1 Å².